The highest BCUT2D eigenvalue weighted by molar-refractivity contribution is 6.30. The molecule has 1 aromatic carbocycles. The fraction of sp³-hybridized carbons (Fsp3) is 0.0769. The number of pyridine rings is 1. The second-order valence-corrected chi connectivity index (χ2v) is 4.01. The monoisotopic (exact) mass is 265 g/mol. The Morgan fingerprint density at radius 2 is 2.00 bits per heavy atom. The van der Waals surface area contributed by atoms with Gasteiger partial charge in [0.05, 0.1) is 5.56 Å². The van der Waals surface area contributed by atoms with Gasteiger partial charge in [0.1, 0.15) is 6.61 Å². The van der Waals surface area contributed by atoms with Crippen molar-refractivity contribution in [1.29, 1.82) is 0 Å². The Morgan fingerprint density at radius 3 is 2.67 bits per heavy atom. The number of carbonyl (C=O) groups is 1. The van der Waals surface area contributed by atoms with Gasteiger partial charge in [-0.1, -0.05) is 23.7 Å². The van der Waals surface area contributed by atoms with Crippen molar-refractivity contribution in [3.63, 3.8) is 0 Å². The molecule has 2 rings (SSSR count). The summed E-state index contributed by atoms with van der Waals surface area (Å²) in [6.07, 6.45) is 1.22. The van der Waals surface area contributed by atoms with Gasteiger partial charge < -0.3 is 4.74 Å². The molecule has 0 aliphatic heterocycles. The van der Waals surface area contributed by atoms with Crippen LogP contribution in [0.3, 0.4) is 0 Å². The predicted molar refractivity (Wildman–Crippen MR) is 64.8 cm³/mol. The van der Waals surface area contributed by atoms with Crippen LogP contribution in [0.4, 0.5) is 4.39 Å². The fourth-order valence-corrected chi connectivity index (χ4v) is 1.47. The maximum atomic E-state index is 12.8. The van der Waals surface area contributed by atoms with E-state index in [0.717, 1.165) is 11.6 Å². The highest BCUT2D eigenvalue weighted by Gasteiger charge is 2.08. The number of hydrogen-bond donors (Lipinski definition) is 0. The smallest absolute Gasteiger partial charge is 0.338 e. The summed E-state index contributed by atoms with van der Waals surface area (Å²) < 4.78 is 17.8. The largest absolute Gasteiger partial charge is 0.457 e. The molecule has 0 aliphatic rings. The summed E-state index contributed by atoms with van der Waals surface area (Å²) in [5, 5.41) is 0.612. The van der Waals surface area contributed by atoms with Gasteiger partial charge in [0.25, 0.3) is 0 Å². The van der Waals surface area contributed by atoms with E-state index in [1.54, 1.807) is 24.3 Å². The van der Waals surface area contributed by atoms with Crippen LogP contribution in [0.25, 0.3) is 0 Å². The second kappa shape index (κ2) is 5.60. The Hall–Kier alpha value is -1.94. The van der Waals surface area contributed by atoms with Crippen LogP contribution in [0, 0.1) is 5.95 Å². The summed E-state index contributed by atoms with van der Waals surface area (Å²) in [7, 11) is 0. The van der Waals surface area contributed by atoms with E-state index in [1.165, 1.54) is 12.3 Å². The van der Waals surface area contributed by atoms with Gasteiger partial charge in [0.2, 0.25) is 5.95 Å². The zero-order valence-electron chi connectivity index (χ0n) is 9.27. The highest BCUT2D eigenvalue weighted by Crippen LogP contribution is 2.11. The molecular weight excluding hydrogens is 257 g/mol. The molecular formula is C13H9ClFNO2. The maximum absolute atomic E-state index is 12.8. The number of benzene rings is 1. The number of esters is 1. The summed E-state index contributed by atoms with van der Waals surface area (Å²) >= 11 is 5.73. The van der Waals surface area contributed by atoms with Crippen molar-refractivity contribution in [2.45, 2.75) is 6.61 Å². The van der Waals surface area contributed by atoms with Gasteiger partial charge >= 0.3 is 5.97 Å². The SMILES string of the molecule is O=C(OCc1ccc(Cl)cc1)c1ccnc(F)c1. The lowest BCUT2D eigenvalue weighted by Crippen LogP contribution is -2.06. The van der Waals surface area contributed by atoms with E-state index >= 15 is 0 Å². The molecule has 0 saturated carbocycles. The molecule has 1 heterocycles. The Labute approximate surface area is 108 Å². The molecule has 0 saturated heterocycles. The Balaban J connectivity index is 1.98. The highest BCUT2D eigenvalue weighted by atomic mass is 35.5. The minimum atomic E-state index is -0.712. The Kier molecular flexibility index (Phi) is 3.89. The van der Waals surface area contributed by atoms with E-state index in [9.17, 15) is 9.18 Å². The van der Waals surface area contributed by atoms with E-state index in [-0.39, 0.29) is 12.2 Å². The molecule has 0 unspecified atom stereocenters. The van der Waals surface area contributed by atoms with Gasteiger partial charge in [-0.2, -0.15) is 4.39 Å². The number of halogens is 2. The van der Waals surface area contributed by atoms with Crippen molar-refractivity contribution in [3.8, 4) is 0 Å². The van der Waals surface area contributed by atoms with Crippen molar-refractivity contribution in [3.05, 3.63) is 64.7 Å². The first-order valence-electron chi connectivity index (χ1n) is 5.18. The third-order valence-corrected chi connectivity index (χ3v) is 2.50. The van der Waals surface area contributed by atoms with Gasteiger partial charge in [-0.3, -0.25) is 0 Å². The summed E-state index contributed by atoms with van der Waals surface area (Å²) in [4.78, 5) is 15.0. The molecule has 3 nitrogen and oxygen atoms in total. The van der Waals surface area contributed by atoms with Crippen LogP contribution in [0.1, 0.15) is 15.9 Å². The van der Waals surface area contributed by atoms with E-state index in [1.807, 2.05) is 0 Å². The minimum absolute atomic E-state index is 0.111. The fourth-order valence-electron chi connectivity index (χ4n) is 1.34. The zero-order chi connectivity index (χ0) is 13.0. The van der Waals surface area contributed by atoms with Gasteiger partial charge in [0.15, 0.2) is 0 Å². The van der Waals surface area contributed by atoms with Crippen LogP contribution < -0.4 is 0 Å². The molecule has 1 aromatic heterocycles. The molecule has 0 amide bonds. The van der Waals surface area contributed by atoms with Gasteiger partial charge in [0, 0.05) is 17.3 Å². The summed E-state index contributed by atoms with van der Waals surface area (Å²) in [5.41, 5.74) is 0.943. The third kappa shape index (κ3) is 3.28. The van der Waals surface area contributed by atoms with Crippen molar-refractivity contribution >= 4 is 17.6 Å². The average molecular weight is 266 g/mol. The lowest BCUT2D eigenvalue weighted by molar-refractivity contribution is 0.0472. The minimum Gasteiger partial charge on any atom is -0.457 e. The Bertz CT molecular complexity index is 557. The molecule has 18 heavy (non-hydrogen) atoms. The van der Waals surface area contributed by atoms with Crippen LogP contribution >= 0.6 is 11.6 Å². The number of nitrogens with zero attached hydrogens (tertiary/aromatic N) is 1. The molecule has 0 atom stereocenters. The van der Waals surface area contributed by atoms with E-state index in [0.29, 0.717) is 5.02 Å². The molecule has 92 valence electrons. The first-order valence-corrected chi connectivity index (χ1v) is 5.56. The molecule has 0 aliphatic carbocycles. The van der Waals surface area contributed by atoms with Gasteiger partial charge in [-0.05, 0) is 23.8 Å². The number of hydrogen-bond acceptors (Lipinski definition) is 3. The average Bonchev–Trinajstić information content (AvgIpc) is 2.38. The first-order chi connectivity index (χ1) is 8.65. The first kappa shape index (κ1) is 12.5. The second-order valence-electron chi connectivity index (χ2n) is 3.57. The molecule has 0 bridgehead atoms. The Morgan fingerprint density at radius 1 is 1.28 bits per heavy atom. The van der Waals surface area contributed by atoms with Crippen LogP contribution in [-0.4, -0.2) is 11.0 Å². The van der Waals surface area contributed by atoms with Gasteiger partial charge in [-0.15, -0.1) is 0 Å². The number of rotatable bonds is 3. The summed E-state index contributed by atoms with van der Waals surface area (Å²) in [6, 6.07) is 9.34. The molecule has 0 fully saturated rings. The van der Waals surface area contributed by atoms with Crippen LogP contribution in [0.15, 0.2) is 42.6 Å². The molecule has 5 heteroatoms. The molecule has 0 radical (unpaired) electrons. The number of carbonyl (C=O) groups excluding carboxylic acids is 1. The summed E-state index contributed by atoms with van der Waals surface area (Å²) in [6.45, 7) is 0.111. The van der Waals surface area contributed by atoms with E-state index in [4.69, 9.17) is 16.3 Å². The molecule has 2 aromatic rings. The maximum Gasteiger partial charge on any atom is 0.338 e. The van der Waals surface area contributed by atoms with Crippen LogP contribution in [0.5, 0.6) is 0 Å². The predicted octanol–water partition coefficient (Wildman–Crippen LogP) is 3.23. The van der Waals surface area contributed by atoms with Crippen molar-refractivity contribution in [2.75, 3.05) is 0 Å². The number of ether oxygens (including phenoxy) is 1. The third-order valence-electron chi connectivity index (χ3n) is 2.25. The topological polar surface area (TPSA) is 39.2 Å². The quantitative estimate of drug-likeness (QED) is 0.632. The standard InChI is InChI=1S/C13H9ClFNO2/c14-11-3-1-9(2-4-11)8-18-13(17)10-5-6-16-12(15)7-10/h1-7H,8H2. The molecule has 0 N–H and O–H groups in total. The lowest BCUT2D eigenvalue weighted by Gasteiger charge is -2.04. The van der Waals surface area contributed by atoms with Gasteiger partial charge in [-0.25, -0.2) is 9.78 Å². The number of aromatic nitrogens is 1. The molecule has 0 spiro atoms. The van der Waals surface area contributed by atoms with Crippen LogP contribution in [-0.2, 0) is 11.3 Å². The normalized spacial score (nSPS) is 10.1. The van der Waals surface area contributed by atoms with Crippen molar-refractivity contribution in [2.24, 2.45) is 0 Å². The zero-order valence-corrected chi connectivity index (χ0v) is 10.0. The van der Waals surface area contributed by atoms with E-state index < -0.39 is 11.9 Å². The lowest BCUT2D eigenvalue weighted by atomic mass is 10.2. The van der Waals surface area contributed by atoms with Crippen molar-refractivity contribution in [1.82, 2.24) is 4.98 Å². The van der Waals surface area contributed by atoms with Crippen molar-refractivity contribution < 1.29 is 13.9 Å². The van der Waals surface area contributed by atoms with Crippen LogP contribution in [0.2, 0.25) is 5.02 Å². The van der Waals surface area contributed by atoms with E-state index in [2.05, 4.69) is 4.98 Å². The summed E-state index contributed by atoms with van der Waals surface area (Å²) in [5.74, 6) is -1.30.